The molecule has 5 rings (SSSR count). The van der Waals surface area contributed by atoms with Crippen LogP contribution in [0, 0.1) is 12.3 Å². The second-order valence-electron chi connectivity index (χ2n) is 8.86. The summed E-state index contributed by atoms with van der Waals surface area (Å²) in [6.07, 6.45) is 4.53. The lowest BCUT2D eigenvalue weighted by Crippen LogP contribution is -2.40. The van der Waals surface area contributed by atoms with Crippen molar-refractivity contribution in [3.63, 3.8) is 0 Å². The number of hydrogen-bond acceptors (Lipinski definition) is 8. The van der Waals surface area contributed by atoms with Crippen molar-refractivity contribution in [3.05, 3.63) is 45.4 Å². The smallest absolute Gasteiger partial charge is 0.275 e. The van der Waals surface area contributed by atoms with Crippen molar-refractivity contribution in [2.45, 2.75) is 45.7 Å². The van der Waals surface area contributed by atoms with Gasteiger partial charge in [-0.1, -0.05) is 4.49 Å². The summed E-state index contributed by atoms with van der Waals surface area (Å²) in [6, 6.07) is 0.274. The molecule has 0 saturated carbocycles. The monoisotopic (exact) mass is 471 g/mol. The number of aromatic nitrogens is 5. The number of imidazole rings is 1. The molecule has 0 aliphatic carbocycles. The van der Waals surface area contributed by atoms with E-state index in [0.717, 1.165) is 27.9 Å². The van der Waals surface area contributed by atoms with Crippen LogP contribution < -0.4 is 0 Å². The fourth-order valence-corrected chi connectivity index (χ4v) is 5.87. The predicted octanol–water partition coefficient (Wildman–Crippen LogP) is 2.74. The van der Waals surface area contributed by atoms with Gasteiger partial charge in [-0.25, -0.2) is 9.97 Å². The Hall–Kier alpha value is -2.66. The van der Waals surface area contributed by atoms with E-state index in [-0.39, 0.29) is 23.8 Å². The minimum atomic E-state index is -0.680. The average Bonchev–Trinajstić information content (AvgIpc) is 3.57. The molecule has 5 heterocycles. The number of amides is 2. The molecule has 0 aromatic carbocycles. The Bertz CT molecular complexity index is 1140. The number of nitrogens with zero attached hydrogens (tertiary/aromatic N) is 7. The number of rotatable bonds is 5. The lowest BCUT2D eigenvalue weighted by Gasteiger charge is -2.27. The quantitative estimate of drug-likeness (QED) is 0.568. The highest BCUT2D eigenvalue weighted by Crippen LogP contribution is 2.50. The summed E-state index contributed by atoms with van der Waals surface area (Å²) < 4.78 is 5.88. The molecule has 168 valence electrons. The molecule has 0 N–H and O–H groups in total. The molecule has 9 nitrogen and oxygen atoms in total. The highest BCUT2D eigenvalue weighted by Gasteiger charge is 2.58. The van der Waals surface area contributed by atoms with Crippen molar-refractivity contribution in [1.82, 2.24) is 33.9 Å². The van der Waals surface area contributed by atoms with Gasteiger partial charge in [0.25, 0.3) is 5.91 Å². The topological polar surface area (TPSA) is 97.1 Å². The molecule has 2 atom stereocenters. The van der Waals surface area contributed by atoms with Gasteiger partial charge in [0.15, 0.2) is 5.69 Å². The highest BCUT2D eigenvalue weighted by atomic mass is 32.1. The van der Waals surface area contributed by atoms with Crippen molar-refractivity contribution in [1.29, 1.82) is 0 Å². The van der Waals surface area contributed by atoms with Crippen LogP contribution in [0.15, 0.2) is 23.3 Å². The molecule has 0 bridgehead atoms. The van der Waals surface area contributed by atoms with E-state index in [9.17, 15) is 9.59 Å². The van der Waals surface area contributed by atoms with Gasteiger partial charge in [0.1, 0.15) is 0 Å². The van der Waals surface area contributed by atoms with Gasteiger partial charge in [-0.2, -0.15) is 0 Å². The molecule has 3 aromatic rings. The van der Waals surface area contributed by atoms with Crippen LogP contribution in [0.25, 0.3) is 0 Å². The Labute approximate surface area is 194 Å². The second kappa shape index (κ2) is 8.04. The first-order valence-corrected chi connectivity index (χ1v) is 12.4. The summed E-state index contributed by atoms with van der Waals surface area (Å²) in [5, 5.41) is 8.61. The van der Waals surface area contributed by atoms with E-state index in [0.29, 0.717) is 38.3 Å². The number of likely N-dealkylation sites (tertiary alicyclic amines) is 2. The Morgan fingerprint density at radius 3 is 2.84 bits per heavy atom. The molecule has 32 heavy (non-hydrogen) atoms. The average molecular weight is 472 g/mol. The zero-order valence-corrected chi connectivity index (χ0v) is 19.9. The Balaban J connectivity index is 1.46. The van der Waals surface area contributed by atoms with Crippen molar-refractivity contribution in [2.24, 2.45) is 5.41 Å². The number of thiazole rings is 1. The first-order valence-electron chi connectivity index (χ1n) is 10.7. The molecule has 3 aromatic heterocycles. The van der Waals surface area contributed by atoms with Crippen molar-refractivity contribution in [3.8, 4) is 0 Å². The molecule has 11 heteroatoms. The molecule has 2 amide bonds. The first kappa shape index (κ1) is 21.2. The van der Waals surface area contributed by atoms with E-state index < -0.39 is 5.41 Å². The van der Waals surface area contributed by atoms with E-state index in [1.165, 1.54) is 0 Å². The number of carbonyl (C=O) groups is 2. The molecule has 1 spiro atoms. The van der Waals surface area contributed by atoms with E-state index in [4.69, 9.17) is 0 Å². The minimum absolute atomic E-state index is 0.0824. The van der Waals surface area contributed by atoms with Gasteiger partial charge in [0, 0.05) is 48.6 Å². The van der Waals surface area contributed by atoms with Crippen molar-refractivity contribution in [2.75, 3.05) is 19.6 Å². The molecule has 0 unspecified atom stereocenters. The maximum absolute atomic E-state index is 13.8. The largest absolute Gasteiger partial charge is 0.336 e. The van der Waals surface area contributed by atoms with Crippen molar-refractivity contribution < 1.29 is 9.59 Å². The molecule has 2 aliphatic rings. The van der Waals surface area contributed by atoms with Gasteiger partial charge in [-0.15, -0.1) is 16.4 Å². The van der Waals surface area contributed by atoms with Gasteiger partial charge in [-0.05, 0) is 38.7 Å². The standard InChI is InChI=1S/C21H25N7O2S2/c1-13(2)28-8-17(22-12-28)16-7-27(19(29)18-10-32-25-24-18)11-21(16)4-5-26(20(21)30)6-15-9-31-14(3)23-15/h8-10,12-13,16H,4-7,11H2,1-3H3/t16-,21-/m0/s1. The molecular weight excluding hydrogens is 446 g/mol. The summed E-state index contributed by atoms with van der Waals surface area (Å²) in [4.78, 5) is 39.7. The Morgan fingerprint density at radius 2 is 2.19 bits per heavy atom. The molecular formula is C21H25N7O2S2. The number of hydrogen-bond donors (Lipinski definition) is 0. The van der Waals surface area contributed by atoms with Crippen LogP contribution in [0.3, 0.4) is 0 Å². The summed E-state index contributed by atoms with van der Waals surface area (Å²) in [5.74, 6) is -0.253. The fourth-order valence-electron chi connectivity index (χ4n) is 4.83. The van der Waals surface area contributed by atoms with Gasteiger partial charge < -0.3 is 14.4 Å². The molecule has 2 fully saturated rings. The van der Waals surface area contributed by atoms with Crippen LogP contribution in [-0.4, -0.2) is 65.4 Å². The van der Waals surface area contributed by atoms with Crippen molar-refractivity contribution >= 4 is 34.7 Å². The van der Waals surface area contributed by atoms with Crippen LogP contribution in [0.4, 0.5) is 0 Å². The van der Waals surface area contributed by atoms with Crippen LogP contribution in [-0.2, 0) is 11.3 Å². The van der Waals surface area contributed by atoms with Gasteiger partial charge >= 0.3 is 0 Å². The van der Waals surface area contributed by atoms with Gasteiger partial charge in [0.2, 0.25) is 5.91 Å². The van der Waals surface area contributed by atoms with E-state index in [1.807, 2.05) is 34.3 Å². The summed E-state index contributed by atoms with van der Waals surface area (Å²) in [7, 11) is 0. The molecule has 2 aliphatic heterocycles. The van der Waals surface area contributed by atoms with Crippen LogP contribution in [0.2, 0.25) is 0 Å². The van der Waals surface area contributed by atoms with Crippen LogP contribution in [0.1, 0.15) is 59.1 Å². The van der Waals surface area contributed by atoms with Gasteiger partial charge in [0.05, 0.1) is 34.7 Å². The zero-order chi connectivity index (χ0) is 22.5. The molecule has 0 radical (unpaired) electrons. The third-order valence-corrected chi connectivity index (χ3v) is 7.87. The van der Waals surface area contributed by atoms with Gasteiger partial charge in [-0.3, -0.25) is 9.59 Å². The summed E-state index contributed by atoms with van der Waals surface area (Å²) >= 11 is 2.74. The molecule has 2 saturated heterocycles. The third kappa shape index (κ3) is 3.53. The zero-order valence-electron chi connectivity index (χ0n) is 18.3. The number of carbonyl (C=O) groups excluding carboxylic acids is 2. The van der Waals surface area contributed by atoms with E-state index >= 15 is 0 Å². The van der Waals surface area contributed by atoms with Crippen LogP contribution in [0.5, 0.6) is 0 Å². The SMILES string of the molecule is Cc1nc(CN2CC[C@@]3(CN(C(=O)c4csnn4)C[C@H]3c3cn(C(C)C)cn3)C2=O)cs1. The second-order valence-corrected chi connectivity index (χ2v) is 10.5. The van der Waals surface area contributed by atoms with E-state index in [1.54, 1.807) is 21.6 Å². The normalized spacial score (nSPS) is 23.2. The summed E-state index contributed by atoms with van der Waals surface area (Å²) in [6.45, 7) is 8.13. The number of aryl methyl sites for hydroxylation is 1. The summed E-state index contributed by atoms with van der Waals surface area (Å²) in [5.41, 5.74) is 1.43. The highest BCUT2D eigenvalue weighted by molar-refractivity contribution is 7.09. The van der Waals surface area contributed by atoms with Crippen LogP contribution >= 0.6 is 22.9 Å². The maximum Gasteiger partial charge on any atom is 0.275 e. The maximum atomic E-state index is 13.8. The third-order valence-electron chi connectivity index (χ3n) is 6.54. The lowest BCUT2D eigenvalue weighted by atomic mass is 9.75. The minimum Gasteiger partial charge on any atom is -0.336 e. The first-order chi connectivity index (χ1) is 15.4. The fraction of sp³-hybridized carbons (Fsp3) is 0.524. The predicted molar refractivity (Wildman–Crippen MR) is 120 cm³/mol. The lowest BCUT2D eigenvalue weighted by molar-refractivity contribution is -0.136. The Kier molecular flexibility index (Phi) is 5.32. The van der Waals surface area contributed by atoms with E-state index in [2.05, 4.69) is 33.4 Å². The Morgan fingerprint density at radius 1 is 1.34 bits per heavy atom.